The van der Waals surface area contributed by atoms with E-state index >= 15 is 0 Å². The molecule has 0 aliphatic heterocycles. The van der Waals surface area contributed by atoms with Crippen molar-refractivity contribution in [2.45, 2.75) is 36.5 Å². The molecule has 0 saturated heterocycles. The number of hydrogen-bond acceptors (Lipinski definition) is 2. The fourth-order valence-corrected chi connectivity index (χ4v) is 2.46. The van der Waals surface area contributed by atoms with Gasteiger partial charge in [0, 0.05) is 4.90 Å². The molecule has 2 heteroatoms. The lowest BCUT2D eigenvalue weighted by atomic mass is 10.2. The molecule has 13 heavy (non-hydrogen) atoms. The highest BCUT2D eigenvalue weighted by atomic mass is 32.2. The standard InChI is InChI=1S/C11H15NS/c1-8-3-4-10(9(2)7-8)13-11(12)5-6-11/h3-4,7H,5-6,12H2,1-2H3. The summed E-state index contributed by atoms with van der Waals surface area (Å²) in [6, 6.07) is 6.55. The largest absolute Gasteiger partial charge is 0.317 e. The zero-order valence-corrected chi connectivity index (χ0v) is 8.95. The lowest BCUT2D eigenvalue weighted by Crippen LogP contribution is -2.15. The molecule has 1 nitrogen and oxygen atoms in total. The van der Waals surface area contributed by atoms with Crippen molar-refractivity contribution in [2.75, 3.05) is 0 Å². The van der Waals surface area contributed by atoms with Gasteiger partial charge in [0.15, 0.2) is 0 Å². The molecule has 2 rings (SSSR count). The minimum absolute atomic E-state index is 0.0556. The Labute approximate surface area is 83.7 Å². The van der Waals surface area contributed by atoms with Crippen LogP contribution in [-0.4, -0.2) is 4.87 Å². The fourth-order valence-electron chi connectivity index (χ4n) is 1.36. The molecule has 1 aromatic rings. The molecule has 1 fully saturated rings. The quantitative estimate of drug-likeness (QED) is 0.731. The second-order valence-electron chi connectivity index (χ2n) is 3.94. The lowest BCUT2D eigenvalue weighted by Gasteiger charge is -2.10. The summed E-state index contributed by atoms with van der Waals surface area (Å²) in [4.78, 5) is 1.39. The van der Waals surface area contributed by atoms with Crippen LogP contribution in [0.4, 0.5) is 0 Å². The molecule has 1 aromatic carbocycles. The van der Waals surface area contributed by atoms with E-state index in [1.165, 1.54) is 16.0 Å². The molecule has 0 spiro atoms. The van der Waals surface area contributed by atoms with E-state index in [0.29, 0.717) is 0 Å². The molecule has 0 bridgehead atoms. The Morgan fingerprint density at radius 1 is 1.31 bits per heavy atom. The van der Waals surface area contributed by atoms with E-state index < -0.39 is 0 Å². The molecule has 0 aromatic heterocycles. The Bertz CT molecular complexity index is 329. The van der Waals surface area contributed by atoms with Crippen LogP contribution in [0.5, 0.6) is 0 Å². The third-order valence-electron chi connectivity index (χ3n) is 2.39. The monoisotopic (exact) mass is 193 g/mol. The van der Waals surface area contributed by atoms with E-state index in [4.69, 9.17) is 5.73 Å². The summed E-state index contributed by atoms with van der Waals surface area (Å²) < 4.78 is 0. The number of benzene rings is 1. The fraction of sp³-hybridized carbons (Fsp3) is 0.455. The zero-order valence-electron chi connectivity index (χ0n) is 8.13. The van der Waals surface area contributed by atoms with Gasteiger partial charge in [0.25, 0.3) is 0 Å². The number of nitrogens with two attached hydrogens (primary N) is 1. The van der Waals surface area contributed by atoms with Crippen molar-refractivity contribution in [3.05, 3.63) is 29.3 Å². The molecule has 1 aliphatic carbocycles. The summed E-state index contributed by atoms with van der Waals surface area (Å²) >= 11 is 1.82. The molecule has 0 heterocycles. The molecule has 70 valence electrons. The summed E-state index contributed by atoms with van der Waals surface area (Å²) in [5, 5.41) is 0. The molecule has 0 radical (unpaired) electrons. The number of thioether (sulfide) groups is 1. The summed E-state index contributed by atoms with van der Waals surface area (Å²) in [6.45, 7) is 4.28. The van der Waals surface area contributed by atoms with E-state index in [1.54, 1.807) is 0 Å². The van der Waals surface area contributed by atoms with E-state index in [2.05, 4.69) is 32.0 Å². The van der Waals surface area contributed by atoms with Crippen LogP contribution < -0.4 is 5.73 Å². The van der Waals surface area contributed by atoms with E-state index in [-0.39, 0.29) is 4.87 Å². The van der Waals surface area contributed by atoms with Crippen molar-refractivity contribution >= 4 is 11.8 Å². The topological polar surface area (TPSA) is 26.0 Å². The predicted octanol–water partition coefficient (Wildman–Crippen LogP) is 2.84. The normalized spacial score (nSPS) is 18.7. The van der Waals surface area contributed by atoms with Gasteiger partial charge in [-0.15, -0.1) is 11.8 Å². The van der Waals surface area contributed by atoms with Gasteiger partial charge in [-0.05, 0) is 38.3 Å². The summed E-state index contributed by atoms with van der Waals surface area (Å²) in [6.07, 6.45) is 2.32. The van der Waals surface area contributed by atoms with Gasteiger partial charge < -0.3 is 5.73 Å². The third-order valence-corrected chi connectivity index (χ3v) is 3.88. The van der Waals surface area contributed by atoms with Crippen LogP contribution in [0.1, 0.15) is 24.0 Å². The zero-order chi connectivity index (χ0) is 9.47. The van der Waals surface area contributed by atoms with E-state index in [9.17, 15) is 0 Å². The number of aryl methyl sites for hydroxylation is 2. The van der Waals surface area contributed by atoms with E-state index in [0.717, 1.165) is 12.8 Å². The first-order valence-electron chi connectivity index (χ1n) is 4.64. The lowest BCUT2D eigenvalue weighted by molar-refractivity contribution is 0.979. The second kappa shape index (κ2) is 3.03. The average Bonchev–Trinajstić information content (AvgIpc) is 2.75. The number of hydrogen-bond donors (Lipinski definition) is 1. The first-order chi connectivity index (χ1) is 6.09. The minimum Gasteiger partial charge on any atom is -0.317 e. The van der Waals surface area contributed by atoms with Crippen molar-refractivity contribution in [1.29, 1.82) is 0 Å². The van der Waals surface area contributed by atoms with Crippen LogP contribution in [0.25, 0.3) is 0 Å². The Hall–Kier alpha value is -0.470. The van der Waals surface area contributed by atoms with Gasteiger partial charge in [-0.3, -0.25) is 0 Å². The summed E-state index contributed by atoms with van der Waals surface area (Å²) in [5.41, 5.74) is 8.72. The average molecular weight is 193 g/mol. The first kappa shape index (κ1) is 9.10. The van der Waals surface area contributed by atoms with Crippen LogP contribution in [0.15, 0.2) is 23.1 Å². The maximum atomic E-state index is 6.05. The highest BCUT2D eigenvalue weighted by Crippen LogP contribution is 2.47. The highest BCUT2D eigenvalue weighted by molar-refractivity contribution is 8.01. The van der Waals surface area contributed by atoms with Gasteiger partial charge in [0.2, 0.25) is 0 Å². The van der Waals surface area contributed by atoms with Crippen LogP contribution in [0.3, 0.4) is 0 Å². The van der Waals surface area contributed by atoms with Crippen molar-refractivity contribution < 1.29 is 0 Å². The minimum atomic E-state index is 0.0556. The summed E-state index contributed by atoms with van der Waals surface area (Å²) in [7, 11) is 0. The maximum Gasteiger partial charge on any atom is 0.0669 e. The molecular weight excluding hydrogens is 178 g/mol. The van der Waals surface area contributed by atoms with Gasteiger partial charge in [-0.1, -0.05) is 17.7 Å². The van der Waals surface area contributed by atoms with Crippen molar-refractivity contribution in [2.24, 2.45) is 5.73 Å². The molecule has 2 N–H and O–H groups in total. The van der Waals surface area contributed by atoms with Crippen LogP contribution in [0, 0.1) is 13.8 Å². The molecule has 0 amide bonds. The Kier molecular flexibility index (Phi) is 2.12. The van der Waals surface area contributed by atoms with Crippen molar-refractivity contribution in [1.82, 2.24) is 0 Å². The van der Waals surface area contributed by atoms with Gasteiger partial charge in [-0.2, -0.15) is 0 Å². The van der Waals surface area contributed by atoms with Crippen LogP contribution >= 0.6 is 11.8 Å². The molecule has 0 atom stereocenters. The second-order valence-corrected chi connectivity index (χ2v) is 5.39. The Morgan fingerprint density at radius 2 is 2.00 bits per heavy atom. The predicted molar refractivity (Wildman–Crippen MR) is 57.9 cm³/mol. The summed E-state index contributed by atoms with van der Waals surface area (Å²) in [5.74, 6) is 0. The van der Waals surface area contributed by atoms with Gasteiger partial charge in [-0.25, -0.2) is 0 Å². The van der Waals surface area contributed by atoms with Gasteiger partial charge >= 0.3 is 0 Å². The Balaban J connectivity index is 2.20. The van der Waals surface area contributed by atoms with E-state index in [1.807, 2.05) is 11.8 Å². The maximum absolute atomic E-state index is 6.05. The first-order valence-corrected chi connectivity index (χ1v) is 5.46. The van der Waals surface area contributed by atoms with Crippen molar-refractivity contribution in [3.8, 4) is 0 Å². The van der Waals surface area contributed by atoms with Crippen LogP contribution in [-0.2, 0) is 0 Å². The van der Waals surface area contributed by atoms with Crippen molar-refractivity contribution in [3.63, 3.8) is 0 Å². The number of rotatable bonds is 2. The third kappa shape index (κ3) is 2.06. The SMILES string of the molecule is Cc1ccc(SC2(N)CC2)c(C)c1. The van der Waals surface area contributed by atoms with Gasteiger partial charge in [0.1, 0.15) is 0 Å². The van der Waals surface area contributed by atoms with Crippen LogP contribution in [0.2, 0.25) is 0 Å². The molecule has 1 saturated carbocycles. The molecule has 0 unspecified atom stereocenters. The highest BCUT2D eigenvalue weighted by Gasteiger charge is 2.39. The van der Waals surface area contributed by atoms with Gasteiger partial charge in [0.05, 0.1) is 4.87 Å². The molecule has 1 aliphatic rings. The smallest absolute Gasteiger partial charge is 0.0669 e. The molecular formula is C11H15NS. The Morgan fingerprint density at radius 3 is 2.54 bits per heavy atom.